The summed E-state index contributed by atoms with van der Waals surface area (Å²) in [5.74, 6) is 0.199. The van der Waals surface area contributed by atoms with E-state index in [1.807, 2.05) is 20.8 Å². The molecule has 2 heterocycles. The van der Waals surface area contributed by atoms with Gasteiger partial charge in [-0.25, -0.2) is 0 Å². The fraction of sp³-hybridized carbons (Fsp3) is 0.647. The highest BCUT2D eigenvalue weighted by molar-refractivity contribution is 5.84. The highest BCUT2D eigenvalue weighted by atomic mass is 16.3. The second-order valence-corrected chi connectivity index (χ2v) is 7.10. The van der Waals surface area contributed by atoms with Crippen molar-refractivity contribution in [1.82, 2.24) is 10.2 Å². The van der Waals surface area contributed by atoms with E-state index in [9.17, 15) is 14.7 Å². The first-order chi connectivity index (χ1) is 10.8. The van der Waals surface area contributed by atoms with Crippen LogP contribution in [0.15, 0.2) is 22.8 Å². The monoisotopic (exact) mass is 322 g/mol. The number of likely N-dealkylation sites (tertiary alicyclic amines) is 1. The number of nitrogens with one attached hydrogen (secondary N) is 1. The number of nitrogens with zero attached hydrogens (tertiary/aromatic N) is 1. The summed E-state index contributed by atoms with van der Waals surface area (Å²) in [6.07, 6.45) is 3.06. The summed E-state index contributed by atoms with van der Waals surface area (Å²) in [5, 5.41) is 12.3. The molecule has 128 valence electrons. The number of amides is 2. The molecule has 6 heteroatoms. The van der Waals surface area contributed by atoms with Gasteiger partial charge in [-0.2, -0.15) is 0 Å². The first kappa shape index (κ1) is 17.5. The lowest BCUT2D eigenvalue weighted by molar-refractivity contribution is -0.143. The van der Waals surface area contributed by atoms with Crippen molar-refractivity contribution in [3.63, 3.8) is 0 Å². The summed E-state index contributed by atoms with van der Waals surface area (Å²) in [4.78, 5) is 26.6. The fourth-order valence-electron chi connectivity index (χ4n) is 2.84. The maximum Gasteiger partial charge on any atom is 0.227 e. The first-order valence-corrected chi connectivity index (χ1v) is 8.07. The smallest absolute Gasteiger partial charge is 0.227 e. The Morgan fingerprint density at radius 1 is 1.48 bits per heavy atom. The van der Waals surface area contributed by atoms with Crippen molar-refractivity contribution in [2.24, 2.45) is 11.3 Å². The fourth-order valence-corrected chi connectivity index (χ4v) is 2.84. The summed E-state index contributed by atoms with van der Waals surface area (Å²) in [7, 11) is 0. The van der Waals surface area contributed by atoms with Crippen molar-refractivity contribution < 1.29 is 19.1 Å². The van der Waals surface area contributed by atoms with Crippen molar-refractivity contribution in [3.8, 4) is 0 Å². The number of piperidine rings is 1. The lowest BCUT2D eigenvalue weighted by Crippen LogP contribution is -2.49. The molecule has 0 radical (unpaired) electrons. The maximum absolute atomic E-state index is 12.5. The molecule has 1 fully saturated rings. The SMILES string of the molecule is CC(C)(C)C(=O)N1CCCC(C(=O)NC(CO)c2ccco2)C1. The van der Waals surface area contributed by atoms with Gasteiger partial charge in [-0.05, 0) is 25.0 Å². The Bertz CT molecular complexity index is 533. The molecule has 6 nitrogen and oxygen atoms in total. The summed E-state index contributed by atoms with van der Waals surface area (Å²) in [6.45, 7) is 6.56. The van der Waals surface area contributed by atoms with Crippen molar-refractivity contribution in [3.05, 3.63) is 24.2 Å². The van der Waals surface area contributed by atoms with E-state index in [1.165, 1.54) is 6.26 Å². The Balaban J connectivity index is 1.98. The highest BCUT2D eigenvalue weighted by Crippen LogP contribution is 2.24. The van der Waals surface area contributed by atoms with Crippen LogP contribution in [0.25, 0.3) is 0 Å². The zero-order valence-electron chi connectivity index (χ0n) is 14.0. The molecule has 0 bridgehead atoms. The number of carbonyl (C=O) groups excluding carboxylic acids is 2. The molecule has 1 saturated heterocycles. The van der Waals surface area contributed by atoms with E-state index in [4.69, 9.17) is 4.42 Å². The lowest BCUT2D eigenvalue weighted by atomic mass is 9.90. The number of hydrogen-bond donors (Lipinski definition) is 2. The van der Waals surface area contributed by atoms with Gasteiger partial charge in [0.25, 0.3) is 0 Å². The molecule has 0 aromatic carbocycles. The van der Waals surface area contributed by atoms with Gasteiger partial charge in [0.1, 0.15) is 11.8 Å². The van der Waals surface area contributed by atoms with E-state index in [-0.39, 0.29) is 24.3 Å². The van der Waals surface area contributed by atoms with Crippen LogP contribution in [0.3, 0.4) is 0 Å². The quantitative estimate of drug-likeness (QED) is 0.884. The van der Waals surface area contributed by atoms with Crippen molar-refractivity contribution in [1.29, 1.82) is 0 Å². The predicted octanol–water partition coefficient (Wildman–Crippen LogP) is 1.71. The molecule has 1 aromatic heterocycles. The molecule has 23 heavy (non-hydrogen) atoms. The van der Waals surface area contributed by atoms with Crippen LogP contribution in [0.4, 0.5) is 0 Å². The third-order valence-corrected chi connectivity index (χ3v) is 4.11. The van der Waals surface area contributed by atoms with Gasteiger partial charge < -0.3 is 19.7 Å². The molecule has 1 aromatic rings. The number of aliphatic hydroxyl groups excluding tert-OH is 1. The summed E-state index contributed by atoms with van der Waals surface area (Å²) >= 11 is 0. The minimum Gasteiger partial charge on any atom is -0.467 e. The van der Waals surface area contributed by atoms with Gasteiger partial charge >= 0.3 is 0 Å². The molecule has 1 aliphatic rings. The van der Waals surface area contributed by atoms with E-state index in [1.54, 1.807) is 17.0 Å². The molecule has 2 N–H and O–H groups in total. The predicted molar refractivity (Wildman–Crippen MR) is 85.4 cm³/mol. The Morgan fingerprint density at radius 2 is 2.22 bits per heavy atom. The van der Waals surface area contributed by atoms with E-state index >= 15 is 0 Å². The van der Waals surface area contributed by atoms with Gasteiger partial charge in [-0.15, -0.1) is 0 Å². The van der Waals surface area contributed by atoms with Gasteiger partial charge in [0.15, 0.2) is 0 Å². The third-order valence-electron chi connectivity index (χ3n) is 4.11. The molecule has 2 amide bonds. The van der Waals surface area contributed by atoms with Crippen LogP contribution >= 0.6 is 0 Å². The number of hydrogen-bond acceptors (Lipinski definition) is 4. The zero-order valence-corrected chi connectivity index (χ0v) is 14.0. The summed E-state index contributed by atoms with van der Waals surface area (Å²) < 4.78 is 5.24. The maximum atomic E-state index is 12.5. The Morgan fingerprint density at radius 3 is 2.78 bits per heavy atom. The van der Waals surface area contributed by atoms with Crippen LogP contribution in [0.1, 0.15) is 45.4 Å². The number of rotatable bonds is 4. The minimum atomic E-state index is -0.550. The zero-order chi connectivity index (χ0) is 17.0. The first-order valence-electron chi connectivity index (χ1n) is 8.07. The molecule has 1 aliphatic heterocycles. The second-order valence-electron chi connectivity index (χ2n) is 7.10. The molecular formula is C17H26N2O4. The van der Waals surface area contributed by atoms with Crippen LogP contribution in [-0.2, 0) is 9.59 Å². The van der Waals surface area contributed by atoms with Crippen molar-refractivity contribution in [2.45, 2.75) is 39.7 Å². The molecule has 2 atom stereocenters. The summed E-state index contributed by atoms with van der Waals surface area (Å²) in [6, 6.07) is 2.89. The molecular weight excluding hydrogens is 296 g/mol. The molecule has 0 saturated carbocycles. The van der Waals surface area contributed by atoms with E-state index in [0.717, 1.165) is 12.8 Å². The van der Waals surface area contributed by atoms with Gasteiger partial charge in [-0.3, -0.25) is 9.59 Å². The van der Waals surface area contributed by atoms with Gasteiger partial charge in [0, 0.05) is 18.5 Å². The van der Waals surface area contributed by atoms with Crippen LogP contribution in [0.2, 0.25) is 0 Å². The largest absolute Gasteiger partial charge is 0.467 e. The van der Waals surface area contributed by atoms with Crippen LogP contribution in [0.5, 0.6) is 0 Å². The van der Waals surface area contributed by atoms with Crippen molar-refractivity contribution in [2.75, 3.05) is 19.7 Å². The molecule has 2 unspecified atom stereocenters. The lowest BCUT2D eigenvalue weighted by Gasteiger charge is -2.36. The standard InChI is InChI=1S/C17H26N2O4/c1-17(2,3)16(22)19-8-4-6-12(10-19)15(21)18-13(11-20)14-7-5-9-23-14/h5,7,9,12-13,20H,4,6,8,10-11H2,1-3H3,(H,18,21). The minimum absolute atomic E-state index is 0.0692. The Labute approximate surface area is 136 Å². The summed E-state index contributed by atoms with van der Waals surface area (Å²) in [5.41, 5.74) is -0.444. The highest BCUT2D eigenvalue weighted by Gasteiger charge is 2.34. The van der Waals surface area contributed by atoms with Crippen LogP contribution < -0.4 is 5.32 Å². The number of aliphatic hydroxyl groups is 1. The van der Waals surface area contributed by atoms with Crippen LogP contribution in [0, 0.1) is 11.3 Å². The topological polar surface area (TPSA) is 82.8 Å². The molecule has 0 spiro atoms. The van der Waals surface area contributed by atoms with Gasteiger partial charge in [0.05, 0.1) is 18.8 Å². The normalized spacial score (nSPS) is 20.2. The number of carbonyl (C=O) groups is 2. The third kappa shape index (κ3) is 4.34. The van der Waals surface area contributed by atoms with Gasteiger partial charge in [0.2, 0.25) is 11.8 Å². The Hall–Kier alpha value is -1.82. The molecule has 2 rings (SSSR count). The second kappa shape index (κ2) is 7.17. The number of furan rings is 1. The van der Waals surface area contributed by atoms with E-state index in [0.29, 0.717) is 18.8 Å². The van der Waals surface area contributed by atoms with Gasteiger partial charge in [-0.1, -0.05) is 20.8 Å². The van der Waals surface area contributed by atoms with E-state index in [2.05, 4.69) is 5.32 Å². The average molecular weight is 322 g/mol. The van der Waals surface area contributed by atoms with E-state index < -0.39 is 11.5 Å². The average Bonchev–Trinajstić information content (AvgIpc) is 3.05. The van der Waals surface area contributed by atoms with Crippen LogP contribution in [-0.4, -0.2) is 41.5 Å². The molecule has 0 aliphatic carbocycles. The Kier molecular flexibility index (Phi) is 5.46. The van der Waals surface area contributed by atoms with Crippen molar-refractivity contribution >= 4 is 11.8 Å².